The Kier molecular flexibility index (Phi) is 7.17. The lowest BCUT2D eigenvalue weighted by Crippen LogP contribution is -2.36. The zero-order chi connectivity index (χ0) is 25.9. The molecule has 36 heavy (non-hydrogen) atoms. The monoisotopic (exact) mass is 506 g/mol. The Morgan fingerprint density at radius 2 is 1.72 bits per heavy atom. The number of aromatic nitrogens is 2. The number of ether oxygens (including phenoxy) is 2. The van der Waals surface area contributed by atoms with Crippen molar-refractivity contribution >= 4 is 40.0 Å². The van der Waals surface area contributed by atoms with Crippen molar-refractivity contribution in [3.8, 4) is 11.5 Å². The molecule has 0 atom stereocenters. The summed E-state index contributed by atoms with van der Waals surface area (Å²) in [6, 6.07) is 14.2. The molecule has 4 rings (SSSR count). The minimum absolute atomic E-state index is 0.199. The fraction of sp³-hybridized carbons (Fsp3) is 0.222. The van der Waals surface area contributed by atoms with Crippen molar-refractivity contribution in [2.24, 2.45) is 0 Å². The van der Waals surface area contributed by atoms with Crippen molar-refractivity contribution in [3.63, 3.8) is 0 Å². The standard InChI is InChI=1S/C27H27ClN4O4/c1-27(2,15-31-26(34)20-13-29-21-14-30-24(28)12-19(20)21)17-6-8-18(9-7-17)32-25(33)16-5-10-22(35-3)23(11-16)36-4/h5-14,29H,15H2,1-4H3,(H,31,34)(H,32,33). The summed E-state index contributed by atoms with van der Waals surface area (Å²) in [7, 11) is 3.07. The first-order valence-corrected chi connectivity index (χ1v) is 11.6. The number of carbonyl (C=O) groups is 2. The van der Waals surface area contributed by atoms with E-state index in [4.69, 9.17) is 21.1 Å². The van der Waals surface area contributed by atoms with E-state index in [2.05, 4.69) is 20.6 Å². The molecule has 0 saturated heterocycles. The van der Waals surface area contributed by atoms with Gasteiger partial charge in [-0.25, -0.2) is 4.98 Å². The van der Waals surface area contributed by atoms with E-state index in [9.17, 15) is 9.59 Å². The molecule has 186 valence electrons. The van der Waals surface area contributed by atoms with Crippen LogP contribution in [0.15, 0.2) is 60.9 Å². The molecule has 9 heteroatoms. The molecule has 0 bridgehead atoms. The van der Waals surface area contributed by atoms with Crippen molar-refractivity contribution in [1.29, 1.82) is 0 Å². The molecule has 2 amide bonds. The Morgan fingerprint density at radius 3 is 2.42 bits per heavy atom. The van der Waals surface area contributed by atoms with Crippen molar-refractivity contribution in [2.75, 3.05) is 26.1 Å². The molecule has 0 radical (unpaired) electrons. The number of nitrogens with zero attached hydrogens (tertiary/aromatic N) is 1. The molecule has 0 saturated carbocycles. The lowest BCUT2D eigenvalue weighted by Gasteiger charge is -2.26. The SMILES string of the molecule is COc1ccc(C(=O)Nc2ccc(C(C)(C)CNC(=O)c3c[nH]c4cnc(Cl)cc34)cc2)cc1OC. The van der Waals surface area contributed by atoms with Crippen LogP contribution in [0.1, 0.15) is 40.1 Å². The minimum atomic E-state index is -0.354. The number of anilines is 1. The Hall–Kier alpha value is -4.04. The highest BCUT2D eigenvalue weighted by atomic mass is 35.5. The van der Waals surface area contributed by atoms with E-state index in [-0.39, 0.29) is 17.2 Å². The number of rotatable bonds is 8. The van der Waals surface area contributed by atoms with E-state index >= 15 is 0 Å². The van der Waals surface area contributed by atoms with Gasteiger partial charge in [0, 0.05) is 34.8 Å². The molecule has 0 unspecified atom stereocenters. The van der Waals surface area contributed by atoms with Gasteiger partial charge in [0.15, 0.2) is 11.5 Å². The maximum Gasteiger partial charge on any atom is 0.255 e. The lowest BCUT2D eigenvalue weighted by atomic mass is 9.84. The number of nitrogens with one attached hydrogen (secondary N) is 3. The minimum Gasteiger partial charge on any atom is -0.493 e. The first kappa shape index (κ1) is 25.1. The number of pyridine rings is 1. The van der Waals surface area contributed by atoms with Gasteiger partial charge in [0.2, 0.25) is 0 Å². The molecular weight excluding hydrogens is 480 g/mol. The summed E-state index contributed by atoms with van der Waals surface area (Å²) >= 11 is 5.99. The second kappa shape index (κ2) is 10.3. The van der Waals surface area contributed by atoms with Gasteiger partial charge in [0.1, 0.15) is 5.15 Å². The van der Waals surface area contributed by atoms with E-state index in [0.717, 1.165) is 16.5 Å². The van der Waals surface area contributed by atoms with E-state index in [1.165, 1.54) is 7.11 Å². The van der Waals surface area contributed by atoms with Gasteiger partial charge in [-0.1, -0.05) is 37.6 Å². The van der Waals surface area contributed by atoms with E-state index in [1.54, 1.807) is 43.8 Å². The maximum absolute atomic E-state index is 12.8. The molecule has 0 fully saturated rings. The van der Waals surface area contributed by atoms with Gasteiger partial charge in [-0.15, -0.1) is 0 Å². The van der Waals surface area contributed by atoms with Gasteiger partial charge >= 0.3 is 0 Å². The Labute approximate surface area is 214 Å². The number of hydrogen-bond donors (Lipinski definition) is 3. The van der Waals surface area contributed by atoms with Crippen LogP contribution in [0.25, 0.3) is 10.9 Å². The number of carbonyl (C=O) groups excluding carboxylic acids is 2. The second-order valence-electron chi connectivity index (χ2n) is 8.92. The highest BCUT2D eigenvalue weighted by Crippen LogP contribution is 2.29. The largest absolute Gasteiger partial charge is 0.493 e. The van der Waals surface area contributed by atoms with Crippen molar-refractivity contribution in [3.05, 3.63) is 82.8 Å². The third-order valence-corrected chi connectivity index (χ3v) is 6.24. The molecule has 0 aliphatic carbocycles. The van der Waals surface area contributed by atoms with Crippen LogP contribution >= 0.6 is 11.6 Å². The Morgan fingerprint density at radius 1 is 1.00 bits per heavy atom. The van der Waals surface area contributed by atoms with Gasteiger partial charge < -0.3 is 25.1 Å². The summed E-state index contributed by atoms with van der Waals surface area (Å²) in [5.41, 5.74) is 3.02. The zero-order valence-corrected chi connectivity index (χ0v) is 21.2. The maximum atomic E-state index is 12.8. The van der Waals surface area contributed by atoms with Crippen LogP contribution in [-0.4, -0.2) is 42.5 Å². The van der Waals surface area contributed by atoms with Crippen LogP contribution in [0, 0.1) is 0 Å². The normalized spacial score (nSPS) is 11.2. The molecule has 0 aliphatic rings. The average Bonchev–Trinajstić information content (AvgIpc) is 3.30. The Balaban J connectivity index is 1.40. The second-order valence-corrected chi connectivity index (χ2v) is 9.31. The molecule has 2 heterocycles. The first-order valence-electron chi connectivity index (χ1n) is 11.3. The lowest BCUT2D eigenvalue weighted by molar-refractivity contribution is 0.0946. The molecule has 0 aliphatic heterocycles. The molecule has 3 N–H and O–H groups in total. The number of amides is 2. The molecular formula is C27H27ClN4O4. The topological polar surface area (TPSA) is 105 Å². The predicted octanol–water partition coefficient (Wildman–Crippen LogP) is 5.19. The summed E-state index contributed by atoms with van der Waals surface area (Å²) in [5.74, 6) is 0.578. The molecule has 2 aromatic heterocycles. The Bertz CT molecular complexity index is 1410. The zero-order valence-electron chi connectivity index (χ0n) is 20.4. The van der Waals surface area contributed by atoms with Crippen LogP contribution in [0.3, 0.4) is 0 Å². The summed E-state index contributed by atoms with van der Waals surface area (Å²) in [5, 5.41) is 6.95. The van der Waals surface area contributed by atoms with Gasteiger partial charge in [0.25, 0.3) is 11.8 Å². The van der Waals surface area contributed by atoms with Crippen molar-refractivity contribution in [1.82, 2.24) is 15.3 Å². The van der Waals surface area contributed by atoms with Gasteiger partial charge in [-0.2, -0.15) is 0 Å². The number of aromatic amines is 1. The van der Waals surface area contributed by atoms with Crippen molar-refractivity contribution < 1.29 is 19.1 Å². The van der Waals surface area contributed by atoms with E-state index in [1.807, 2.05) is 38.1 Å². The number of H-pyrrole nitrogens is 1. The van der Waals surface area contributed by atoms with E-state index in [0.29, 0.717) is 40.0 Å². The quantitative estimate of drug-likeness (QED) is 0.285. The fourth-order valence-corrected chi connectivity index (χ4v) is 4.03. The number of fused-ring (bicyclic) bond motifs is 1. The van der Waals surface area contributed by atoms with Crippen LogP contribution < -0.4 is 20.1 Å². The highest BCUT2D eigenvalue weighted by Gasteiger charge is 2.23. The third kappa shape index (κ3) is 5.28. The van der Waals surface area contributed by atoms with Crippen LogP contribution in [0.5, 0.6) is 11.5 Å². The molecule has 4 aromatic rings. The highest BCUT2D eigenvalue weighted by molar-refractivity contribution is 6.30. The summed E-state index contributed by atoms with van der Waals surface area (Å²) in [4.78, 5) is 32.6. The van der Waals surface area contributed by atoms with Crippen molar-refractivity contribution in [2.45, 2.75) is 19.3 Å². The van der Waals surface area contributed by atoms with Gasteiger partial charge in [-0.3, -0.25) is 9.59 Å². The van der Waals surface area contributed by atoms with Crippen LogP contribution in [0.4, 0.5) is 5.69 Å². The number of halogens is 1. The number of hydrogen-bond acceptors (Lipinski definition) is 5. The number of benzene rings is 2. The smallest absolute Gasteiger partial charge is 0.255 e. The number of methoxy groups -OCH3 is 2. The van der Waals surface area contributed by atoms with E-state index < -0.39 is 0 Å². The summed E-state index contributed by atoms with van der Waals surface area (Å²) < 4.78 is 10.5. The molecule has 0 spiro atoms. The fourth-order valence-electron chi connectivity index (χ4n) is 3.87. The predicted molar refractivity (Wildman–Crippen MR) is 140 cm³/mol. The van der Waals surface area contributed by atoms with Gasteiger partial charge in [-0.05, 0) is 42.0 Å². The summed E-state index contributed by atoms with van der Waals surface area (Å²) in [6.07, 6.45) is 3.25. The van der Waals surface area contributed by atoms with Crippen LogP contribution in [0.2, 0.25) is 5.15 Å². The average molecular weight is 507 g/mol. The third-order valence-electron chi connectivity index (χ3n) is 6.04. The van der Waals surface area contributed by atoms with Gasteiger partial charge in [0.05, 0.1) is 31.5 Å². The first-order chi connectivity index (χ1) is 17.2. The molecule has 8 nitrogen and oxygen atoms in total. The summed E-state index contributed by atoms with van der Waals surface area (Å²) in [6.45, 7) is 4.50. The van der Waals surface area contributed by atoms with Crippen LogP contribution in [-0.2, 0) is 5.41 Å². The molecule has 2 aromatic carbocycles.